The van der Waals surface area contributed by atoms with Crippen molar-refractivity contribution < 1.29 is 26.3 Å². The molecular weight excluding hydrogens is 369 g/mol. The average Bonchev–Trinajstić information content (AvgIpc) is 2.55. The normalized spacial score (nSPS) is 12.4. The van der Waals surface area contributed by atoms with Crippen LogP contribution in [0.25, 0.3) is 0 Å². The number of ether oxygens (including phenoxy) is 1. The maximum atomic E-state index is 12.1. The molecule has 1 N–H and O–H groups in total. The van der Waals surface area contributed by atoms with Crippen molar-refractivity contribution in [3.8, 4) is 5.75 Å². The number of alkyl halides is 3. The van der Waals surface area contributed by atoms with Gasteiger partial charge in [-0.2, -0.15) is 0 Å². The summed E-state index contributed by atoms with van der Waals surface area (Å²) in [6.45, 7) is 0.938. The van der Waals surface area contributed by atoms with Gasteiger partial charge in [0.15, 0.2) is 0 Å². The first-order chi connectivity index (χ1) is 12.1. The molecule has 0 heterocycles. The van der Waals surface area contributed by atoms with Crippen molar-refractivity contribution in [2.45, 2.75) is 24.3 Å². The number of benzene rings is 2. The standard InChI is InChI=1S/C17H19F3N2O3S/c1-22(2)26(23,24)16-9-5-14(6-10-16)12-21-11-13-3-7-15(8-4-13)25-17(18,19)20/h3-10,21H,11-12H2,1-2H3. The van der Waals surface area contributed by atoms with Crippen LogP contribution in [0.1, 0.15) is 11.1 Å². The molecule has 0 aliphatic heterocycles. The van der Waals surface area contributed by atoms with Gasteiger partial charge in [0.1, 0.15) is 5.75 Å². The Morgan fingerprint density at radius 2 is 1.38 bits per heavy atom. The number of nitrogens with zero attached hydrogens (tertiary/aromatic N) is 1. The molecule has 142 valence electrons. The van der Waals surface area contributed by atoms with Crippen LogP contribution in [0.4, 0.5) is 13.2 Å². The van der Waals surface area contributed by atoms with Crippen LogP contribution in [0.2, 0.25) is 0 Å². The van der Waals surface area contributed by atoms with Gasteiger partial charge in [0, 0.05) is 27.2 Å². The van der Waals surface area contributed by atoms with Crippen LogP contribution in [0.15, 0.2) is 53.4 Å². The molecule has 0 unspecified atom stereocenters. The summed E-state index contributed by atoms with van der Waals surface area (Å²) in [4.78, 5) is 0.214. The van der Waals surface area contributed by atoms with Crippen molar-refractivity contribution >= 4 is 10.0 Å². The maximum absolute atomic E-state index is 12.1. The Morgan fingerprint density at radius 3 is 1.81 bits per heavy atom. The molecular formula is C17H19F3N2O3S. The molecule has 0 fully saturated rings. The highest BCUT2D eigenvalue weighted by atomic mass is 32.2. The minimum absolute atomic E-state index is 0.214. The third-order valence-corrected chi connectivity index (χ3v) is 5.35. The Morgan fingerprint density at radius 1 is 0.923 bits per heavy atom. The van der Waals surface area contributed by atoms with E-state index in [0.717, 1.165) is 15.4 Å². The molecule has 0 aromatic heterocycles. The molecule has 0 saturated heterocycles. The Balaban J connectivity index is 1.88. The Hall–Kier alpha value is -2.10. The molecule has 2 aromatic carbocycles. The third-order valence-electron chi connectivity index (χ3n) is 3.52. The molecule has 26 heavy (non-hydrogen) atoms. The zero-order chi connectivity index (χ0) is 19.4. The zero-order valence-electron chi connectivity index (χ0n) is 14.2. The van der Waals surface area contributed by atoms with Gasteiger partial charge < -0.3 is 10.1 Å². The number of halogens is 3. The van der Waals surface area contributed by atoms with Crippen molar-refractivity contribution in [2.24, 2.45) is 0 Å². The van der Waals surface area contributed by atoms with E-state index in [2.05, 4.69) is 10.1 Å². The van der Waals surface area contributed by atoms with Crippen LogP contribution in [-0.4, -0.2) is 33.2 Å². The fraction of sp³-hybridized carbons (Fsp3) is 0.294. The van der Waals surface area contributed by atoms with E-state index in [4.69, 9.17) is 0 Å². The number of sulfonamides is 1. The van der Waals surface area contributed by atoms with E-state index >= 15 is 0 Å². The highest BCUT2D eigenvalue weighted by Crippen LogP contribution is 2.22. The lowest BCUT2D eigenvalue weighted by molar-refractivity contribution is -0.274. The fourth-order valence-corrected chi connectivity index (χ4v) is 3.05. The molecule has 2 aromatic rings. The predicted molar refractivity (Wildman–Crippen MR) is 91.0 cm³/mol. The molecule has 0 atom stereocenters. The Kier molecular flexibility index (Phi) is 6.27. The second-order valence-electron chi connectivity index (χ2n) is 5.73. The van der Waals surface area contributed by atoms with Gasteiger partial charge >= 0.3 is 6.36 Å². The van der Waals surface area contributed by atoms with Gasteiger partial charge in [0.25, 0.3) is 0 Å². The highest BCUT2D eigenvalue weighted by molar-refractivity contribution is 7.89. The molecule has 0 bridgehead atoms. The SMILES string of the molecule is CN(C)S(=O)(=O)c1ccc(CNCc2ccc(OC(F)(F)F)cc2)cc1. The van der Waals surface area contributed by atoms with Crippen LogP contribution >= 0.6 is 0 Å². The highest BCUT2D eigenvalue weighted by Gasteiger charge is 2.30. The quantitative estimate of drug-likeness (QED) is 0.792. The second-order valence-corrected chi connectivity index (χ2v) is 7.88. The van der Waals surface area contributed by atoms with Crippen molar-refractivity contribution in [3.05, 3.63) is 59.7 Å². The molecule has 2 rings (SSSR count). The summed E-state index contributed by atoms with van der Waals surface area (Å²) >= 11 is 0. The second kappa shape index (κ2) is 8.07. The van der Waals surface area contributed by atoms with Crippen LogP contribution in [0.5, 0.6) is 5.75 Å². The van der Waals surface area contributed by atoms with E-state index in [0.29, 0.717) is 13.1 Å². The number of rotatable bonds is 7. The summed E-state index contributed by atoms with van der Waals surface area (Å²) in [5, 5.41) is 3.14. The summed E-state index contributed by atoms with van der Waals surface area (Å²) < 4.78 is 65.2. The van der Waals surface area contributed by atoms with Gasteiger partial charge in [0.05, 0.1) is 4.90 Å². The average molecular weight is 388 g/mol. The summed E-state index contributed by atoms with van der Waals surface area (Å²) in [6, 6.07) is 12.1. The maximum Gasteiger partial charge on any atom is 0.573 e. The molecule has 0 aliphatic carbocycles. The van der Waals surface area contributed by atoms with E-state index in [-0.39, 0.29) is 10.6 Å². The van der Waals surface area contributed by atoms with E-state index in [1.54, 1.807) is 24.3 Å². The molecule has 0 saturated carbocycles. The summed E-state index contributed by atoms with van der Waals surface area (Å²) in [5.74, 6) is -0.265. The summed E-state index contributed by atoms with van der Waals surface area (Å²) in [7, 11) is -0.517. The van der Waals surface area contributed by atoms with Crippen molar-refractivity contribution in [3.63, 3.8) is 0 Å². The molecule has 0 spiro atoms. The van der Waals surface area contributed by atoms with E-state index in [1.807, 2.05) is 0 Å². The first kappa shape index (κ1) is 20.2. The van der Waals surface area contributed by atoms with Crippen molar-refractivity contribution in [1.29, 1.82) is 0 Å². The molecule has 0 radical (unpaired) electrons. The monoisotopic (exact) mass is 388 g/mol. The molecule has 5 nitrogen and oxygen atoms in total. The van der Waals surface area contributed by atoms with Crippen LogP contribution in [0.3, 0.4) is 0 Å². The number of hydrogen-bond donors (Lipinski definition) is 1. The lowest BCUT2D eigenvalue weighted by Gasteiger charge is -2.12. The van der Waals surface area contributed by atoms with E-state index in [9.17, 15) is 21.6 Å². The molecule has 9 heteroatoms. The summed E-state index contributed by atoms with van der Waals surface area (Å²) in [5.41, 5.74) is 1.69. The number of hydrogen-bond acceptors (Lipinski definition) is 4. The lowest BCUT2D eigenvalue weighted by atomic mass is 10.2. The molecule has 0 amide bonds. The largest absolute Gasteiger partial charge is 0.573 e. The van der Waals surface area contributed by atoms with Gasteiger partial charge in [-0.1, -0.05) is 24.3 Å². The first-order valence-electron chi connectivity index (χ1n) is 7.65. The summed E-state index contributed by atoms with van der Waals surface area (Å²) in [6.07, 6.45) is -4.70. The van der Waals surface area contributed by atoms with Crippen molar-refractivity contribution in [1.82, 2.24) is 9.62 Å². The Bertz CT molecular complexity index is 818. The predicted octanol–water partition coefficient (Wildman–Crippen LogP) is 3.13. The zero-order valence-corrected chi connectivity index (χ0v) is 15.1. The first-order valence-corrected chi connectivity index (χ1v) is 9.09. The van der Waals surface area contributed by atoms with Crippen LogP contribution in [0, 0.1) is 0 Å². The minimum atomic E-state index is -4.70. The van der Waals surface area contributed by atoms with Crippen LogP contribution < -0.4 is 10.1 Å². The fourth-order valence-electron chi connectivity index (χ4n) is 2.15. The van der Waals surface area contributed by atoms with E-state index in [1.165, 1.54) is 38.4 Å². The molecule has 0 aliphatic rings. The lowest BCUT2D eigenvalue weighted by Crippen LogP contribution is -2.22. The number of nitrogens with one attached hydrogen (secondary N) is 1. The third kappa shape index (κ3) is 5.72. The van der Waals surface area contributed by atoms with Gasteiger partial charge in [-0.05, 0) is 35.4 Å². The van der Waals surface area contributed by atoms with Crippen molar-refractivity contribution in [2.75, 3.05) is 14.1 Å². The minimum Gasteiger partial charge on any atom is -0.406 e. The Labute approximate surface area is 150 Å². The van der Waals surface area contributed by atoms with Gasteiger partial charge in [-0.15, -0.1) is 13.2 Å². The van der Waals surface area contributed by atoms with Gasteiger partial charge in [-0.3, -0.25) is 0 Å². The van der Waals surface area contributed by atoms with Gasteiger partial charge in [0.2, 0.25) is 10.0 Å². The van der Waals surface area contributed by atoms with Gasteiger partial charge in [-0.25, -0.2) is 12.7 Å². The smallest absolute Gasteiger partial charge is 0.406 e. The topological polar surface area (TPSA) is 58.6 Å². The van der Waals surface area contributed by atoms with Crippen LogP contribution in [-0.2, 0) is 23.1 Å². The van der Waals surface area contributed by atoms with E-state index < -0.39 is 16.4 Å².